The second-order valence-corrected chi connectivity index (χ2v) is 6.90. The maximum absolute atomic E-state index is 12.6. The van der Waals surface area contributed by atoms with Crippen molar-refractivity contribution in [1.82, 2.24) is 0 Å². The average molecular weight is 282 g/mol. The fourth-order valence-electron chi connectivity index (χ4n) is 2.61. The van der Waals surface area contributed by atoms with E-state index in [9.17, 15) is 13.2 Å². The van der Waals surface area contributed by atoms with E-state index < -0.39 is 11.7 Å². The minimum atomic E-state index is -4.26. The van der Waals surface area contributed by atoms with Gasteiger partial charge in [-0.3, -0.25) is 0 Å². The summed E-state index contributed by atoms with van der Waals surface area (Å²) in [4.78, 5) is 0. The van der Waals surface area contributed by atoms with Gasteiger partial charge in [0.15, 0.2) is 0 Å². The molecule has 1 unspecified atom stereocenters. The zero-order chi connectivity index (χ0) is 15.2. The van der Waals surface area contributed by atoms with Crippen LogP contribution in [0.15, 0.2) is 36.4 Å². The van der Waals surface area contributed by atoms with E-state index in [1.54, 1.807) is 12.1 Å². The molecule has 0 heterocycles. The number of benzene rings is 1. The Morgan fingerprint density at radius 2 is 1.55 bits per heavy atom. The summed E-state index contributed by atoms with van der Waals surface area (Å²) in [6, 6.07) is 5.56. The van der Waals surface area contributed by atoms with Crippen molar-refractivity contribution in [3.63, 3.8) is 0 Å². The first-order valence-corrected chi connectivity index (χ1v) is 6.89. The molecule has 0 saturated heterocycles. The largest absolute Gasteiger partial charge is 0.416 e. The maximum Gasteiger partial charge on any atom is 0.416 e. The topological polar surface area (TPSA) is 0 Å². The van der Waals surface area contributed by atoms with Gasteiger partial charge in [-0.05, 0) is 34.9 Å². The van der Waals surface area contributed by atoms with Crippen LogP contribution in [0.25, 0.3) is 0 Å². The van der Waals surface area contributed by atoms with Gasteiger partial charge in [-0.15, -0.1) is 0 Å². The van der Waals surface area contributed by atoms with Crippen LogP contribution in [0.3, 0.4) is 0 Å². The van der Waals surface area contributed by atoms with Crippen molar-refractivity contribution in [3.05, 3.63) is 47.5 Å². The van der Waals surface area contributed by atoms with Crippen molar-refractivity contribution in [2.24, 2.45) is 10.8 Å². The molecule has 0 saturated carbocycles. The lowest BCUT2D eigenvalue weighted by Gasteiger charge is -2.45. The third-order valence-electron chi connectivity index (χ3n) is 4.89. The van der Waals surface area contributed by atoms with Gasteiger partial charge in [-0.2, -0.15) is 13.2 Å². The molecule has 2 rings (SSSR count). The molecular weight excluding hydrogens is 261 g/mol. The van der Waals surface area contributed by atoms with Gasteiger partial charge in [0.05, 0.1) is 5.56 Å². The highest BCUT2D eigenvalue weighted by Gasteiger charge is 2.39. The molecule has 0 aliphatic heterocycles. The SMILES string of the molecule is CC1(C)C=CC(c2ccc(C(F)(F)F)cc2)CC1(C)C. The van der Waals surface area contributed by atoms with Gasteiger partial charge in [0.2, 0.25) is 0 Å². The molecule has 3 heteroatoms. The Balaban J connectivity index is 2.26. The quantitative estimate of drug-likeness (QED) is 0.571. The Bertz CT molecular complexity index is 504. The predicted molar refractivity (Wildman–Crippen MR) is 75.5 cm³/mol. The Hall–Kier alpha value is -1.25. The van der Waals surface area contributed by atoms with Gasteiger partial charge in [0.25, 0.3) is 0 Å². The van der Waals surface area contributed by atoms with Crippen LogP contribution >= 0.6 is 0 Å². The van der Waals surface area contributed by atoms with Crippen molar-refractivity contribution < 1.29 is 13.2 Å². The van der Waals surface area contributed by atoms with Crippen molar-refractivity contribution in [1.29, 1.82) is 0 Å². The highest BCUT2D eigenvalue weighted by molar-refractivity contribution is 5.31. The molecule has 0 nitrogen and oxygen atoms in total. The zero-order valence-corrected chi connectivity index (χ0v) is 12.4. The van der Waals surface area contributed by atoms with Crippen LogP contribution in [0.4, 0.5) is 13.2 Å². The molecule has 0 spiro atoms. The molecule has 0 bridgehead atoms. The molecule has 0 aromatic heterocycles. The molecule has 1 aromatic rings. The smallest absolute Gasteiger partial charge is 0.166 e. The summed E-state index contributed by atoms with van der Waals surface area (Å²) < 4.78 is 37.7. The van der Waals surface area contributed by atoms with Crippen LogP contribution in [-0.2, 0) is 6.18 Å². The monoisotopic (exact) mass is 282 g/mol. The predicted octanol–water partition coefficient (Wildman–Crippen LogP) is 5.80. The Kier molecular flexibility index (Phi) is 3.52. The molecule has 0 amide bonds. The van der Waals surface area contributed by atoms with Gasteiger partial charge in [-0.1, -0.05) is 52.0 Å². The molecule has 0 N–H and O–H groups in total. The lowest BCUT2D eigenvalue weighted by Crippen LogP contribution is -2.35. The van der Waals surface area contributed by atoms with Crippen molar-refractivity contribution in [2.75, 3.05) is 0 Å². The average Bonchev–Trinajstić information content (AvgIpc) is 2.32. The minimum absolute atomic E-state index is 0.107. The molecule has 0 radical (unpaired) electrons. The highest BCUT2D eigenvalue weighted by atomic mass is 19.4. The van der Waals surface area contributed by atoms with E-state index in [1.165, 1.54) is 12.1 Å². The van der Waals surface area contributed by atoms with Crippen LogP contribution in [0, 0.1) is 10.8 Å². The summed E-state index contributed by atoms with van der Waals surface area (Å²) in [5, 5.41) is 0. The standard InChI is InChI=1S/C17H21F3/c1-15(2)10-9-13(11-16(15,3)4)12-5-7-14(8-6-12)17(18,19)20/h5-10,13H,11H2,1-4H3. The summed E-state index contributed by atoms with van der Waals surface area (Å²) in [6.45, 7) is 8.83. The second kappa shape index (κ2) is 4.64. The Morgan fingerprint density at radius 3 is 2.00 bits per heavy atom. The van der Waals surface area contributed by atoms with Gasteiger partial charge in [-0.25, -0.2) is 0 Å². The van der Waals surface area contributed by atoms with E-state index in [-0.39, 0.29) is 16.7 Å². The third-order valence-corrected chi connectivity index (χ3v) is 4.89. The van der Waals surface area contributed by atoms with E-state index in [0.29, 0.717) is 0 Å². The van der Waals surface area contributed by atoms with Crippen molar-refractivity contribution in [2.45, 2.75) is 46.2 Å². The summed E-state index contributed by atoms with van der Waals surface area (Å²) in [5.74, 6) is 0.195. The van der Waals surface area contributed by atoms with Crippen LogP contribution in [0.2, 0.25) is 0 Å². The normalized spacial score (nSPS) is 24.6. The molecule has 1 aromatic carbocycles. The fraction of sp³-hybridized carbons (Fsp3) is 0.529. The summed E-state index contributed by atoms with van der Waals surface area (Å²) in [6.07, 6.45) is 1.01. The molecule has 110 valence electrons. The summed E-state index contributed by atoms with van der Waals surface area (Å²) in [7, 11) is 0. The first-order valence-electron chi connectivity index (χ1n) is 6.89. The molecule has 1 atom stereocenters. The number of hydrogen-bond acceptors (Lipinski definition) is 0. The van der Waals surface area contributed by atoms with Crippen LogP contribution in [0.5, 0.6) is 0 Å². The van der Waals surface area contributed by atoms with E-state index in [1.807, 2.05) is 0 Å². The lowest BCUT2D eigenvalue weighted by molar-refractivity contribution is -0.137. The summed E-state index contributed by atoms with van der Waals surface area (Å²) >= 11 is 0. The van der Waals surface area contributed by atoms with Gasteiger partial charge < -0.3 is 0 Å². The number of halogens is 3. The highest BCUT2D eigenvalue weighted by Crippen LogP contribution is 2.50. The van der Waals surface area contributed by atoms with Gasteiger partial charge in [0, 0.05) is 5.92 Å². The first-order chi connectivity index (χ1) is 9.03. The van der Waals surface area contributed by atoms with E-state index in [4.69, 9.17) is 0 Å². The Labute approximate surface area is 118 Å². The van der Waals surface area contributed by atoms with Crippen LogP contribution in [0.1, 0.15) is 51.2 Å². The lowest BCUT2D eigenvalue weighted by atomic mass is 9.60. The number of rotatable bonds is 1. The van der Waals surface area contributed by atoms with Gasteiger partial charge >= 0.3 is 6.18 Å². The number of allylic oxidation sites excluding steroid dienone is 2. The van der Waals surface area contributed by atoms with Crippen molar-refractivity contribution >= 4 is 0 Å². The fourth-order valence-corrected chi connectivity index (χ4v) is 2.61. The molecule has 1 aliphatic carbocycles. The van der Waals surface area contributed by atoms with Crippen LogP contribution < -0.4 is 0 Å². The van der Waals surface area contributed by atoms with Crippen molar-refractivity contribution in [3.8, 4) is 0 Å². The minimum Gasteiger partial charge on any atom is -0.166 e. The molecule has 0 fully saturated rings. The number of hydrogen-bond donors (Lipinski definition) is 0. The summed E-state index contributed by atoms with van der Waals surface area (Å²) in [5.41, 5.74) is 0.600. The van der Waals surface area contributed by atoms with Crippen LogP contribution in [-0.4, -0.2) is 0 Å². The Morgan fingerprint density at radius 1 is 1.00 bits per heavy atom. The molecular formula is C17H21F3. The van der Waals surface area contributed by atoms with Gasteiger partial charge in [0.1, 0.15) is 0 Å². The molecule has 20 heavy (non-hydrogen) atoms. The first kappa shape index (κ1) is 15.1. The second-order valence-electron chi connectivity index (χ2n) is 6.90. The van der Waals surface area contributed by atoms with E-state index in [2.05, 4.69) is 39.8 Å². The zero-order valence-electron chi connectivity index (χ0n) is 12.4. The van der Waals surface area contributed by atoms with E-state index in [0.717, 1.165) is 12.0 Å². The van der Waals surface area contributed by atoms with E-state index >= 15 is 0 Å². The third kappa shape index (κ3) is 2.77. The maximum atomic E-state index is 12.6. The number of alkyl halides is 3. The molecule has 1 aliphatic rings.